The Hall–Kier alpha value is -1.55. The molecule has 1 heterocycles. The van der Waals surface area contributed by atoms with Crippen LogP contribution in [-0.4, -0.2) is 23.3 Å². The number of benzene rings is 1. The number of fused-ring (bicyclic) bond motifs is 1. The van der Waals surface area contributed by atoms with E-state index in [0.717, 1.165) is 29.8 Å². The number of nitrogens with two attached hydrogens (primary N) is 1. The Labute approximate surface area is 93.8 Å². The van der Waals surface area contributed by atoms with E-state index in [4.69, 9.17) is 10.5 Å². The van der Waals surface area contributed by atoms with Crippen LogP contribution in [0, 0.1) is 5.41 Å². The molecule has 1 fully saturated rings. The minimum atomic E-state index is 0.255. The highest BCUT2D eigenvalue weighted by molar-refractivity contribution is 5.79. The topological polar surface area (TPSA) is 63.9 Å². The monoisotopic (exact) mass is 217 g/mol. The van der Waals surface area contributed by atoms with Gasteiger partial charge in [0, 0.05) is 17.3 Å². The summed E-state index contributed by atoms with van der Waals surface area (Å²) < 4.78 is 5.78. The van der Waals surface area contributed by atoms with Gasteiger partial charge in [0.2, 0.25) is 0 Å². The Morgan fingerprint density at radius 3 is 3.06 bits per heavy atom. The highest BCUT2D eigenvalue weighted by atomic mass is 16.5. The van der Waals surface area contributed by atoms with Crippen molar-refractivity contribution in [3.8, 4) is 5.75 Å². The van der Waals surface area contributed by atoms with Crippen molar-refractivity contribution in [2.24, 2.45) is 11.1 Å². The molecule has 0 atom stereocenters. The third kappa shape index (κ3) is 1.65. The standard InChI is InChI=1S/C12H15N3O/c13-7-12(3-4-12)8-16-10-1-2-11-9(5-10)6-14-15-11/h1-2,5-6H,3-4,7-8,13H2,(H,14,15). The van der Waals surface area contributed by atoms with Crippen molar-refractivity contribution in [1.29, 1.82) is 0 Å². The molecule has 0 amide bonds. The second kappa shape index (κ2) is 3.49. The van der Waals surface area contributed by atoms with E-state index in [9.17, 15) is 0 Å². The number of aromatic amines is 1. The third-order valence-corrected chi connectivity index (χ3v) is 3.35. The van der Waals surface area contributed by atoms with Gasteiger partial charge in [-0.1, -0.05) is 0 Å². The largest absolute Gasteiger partial charge is 0.493 e. The normalized spacial score (nSPS) is 17.6. The maximum atomic E-state index is 5.78. The molecule has 16 heavy (non-hydrogen) atoms. The van der Waals surface area contributed by atoms with Crippen molar-refractivity contribution in [2.75, 3.05) is 13.2 Å². The first-order valence-electron chi connectivity index (χ1n) is 5.57. The summed E-state index contributed by atoms with van der Waals surface area (Å²) in [6.45, 7) is 1.45. The van der Waals surface area contributed by atoms with Crippen molar-refractivity contribution >= 4 is 10.9 Å². The van der Waals surface area contributed by atoms with Gasteiger partial charge in [-0.15, -0.1) is 0 Å². The van der Waals surface area contributed by atoms with Gasteiger partial charge in [0.25, 0.3) is 0 Å². The molecule has 1 aromatic carbocycles. The van der Waals surface area contributed by atoms with Gasteiger partial charge in [0.15, 0.2) is 0 Å². The second-order valence-corrected chi connectivity index (χ2v) is 4.61. The molecular formula is C12H15N3O. The number of hydrogen-bond acceptors (Lipinski definition) is 3. The molecule has 3 N–H and O–H groups in total. The molecule has 0 spiro atoms. The van der Waals surface area contributed by atoms with E-state index in [1.807, 2.05) is 18.2 Å². The quantitative estimate of drug-likeness (QED) is 0.819. The number of aromatic nitrogens is 2. The number of rotatable bonds is 4. The molecule has 0 aliphatic heterocycles. The summed E-state index contributed by atoms with van der Waals surface area (Å²) in [4.78, 5) is 0. The Balaban J connectivity index is 1.74. The zero-order chi connectivity index (χ0) is 11.0. The fourth-order valence-corrected chi connectivity index (χ4v) is 1.83. The van der Waals surface area contributed by atoms with Gasteiger partial charge in [-0.05, 0) is 31.0 Å². The van der Waals surface area contributed by atoms with Gasteiger partial charge in [0.05, 0.1) is 18.3 Å². The van der Waals surface area contributed by atoms with Crippen molar-refractivity contribution in [1.82, 2.24) is 10.2 Å². The predicted molar refractivity (Wildman–Crippen MR) is 62.3 cm³/mol. The molecule has 0 bridgehead atoms. The maximum Gasteiger partial charge on any atom is 0.120 e. The van der Waals surface area contributed by atoms with Crippen LogP contribution in [0.4, 0.5) is 0 Å². The first-order valence-corrected chi connectivity index (χ1v) is 5.57. The number of hydrogen-bond donors (Lipinski definition) is 2. The van der Waals surface area contributed by atoms with Gasteiger partial charge < -0.3 is 10.5 Å². The molecule has 84 valence electrons. The summed E-state index contributed by atoms with van der Waals surface area (Å²) in [5, 5.41) is 7.98. The number of nitrogens with one attached hydrogen (secondary N) is 1. The van der Waals surface area contributed by atoms with E-state index in [2.05, 4.69) is 10.2 Å². The second-order valence-electron chi connectivity index (χ2n) is 4.61. The van der Waals surface area contributed by atoms with Crippen molar-refractivity contribution < 1.29 is 4.74 Å². The molecule has 0 radical (unpaired) electrons. The smallest absolute Gasteiger partial charge is 0.120 e. The van der Waals surface area contributed by atoms with Crippen LogP contribution in [0.3, 0.4) is 0 Å². The van der Waals surface area contributed by atoms with Crippen LogP contribution in [-0.2, 0) is 0 Å². The van der Waals surface area contributed by atoms with E-state index in [1.165, 1.54) is 12.8 Å². The zero-order valence-corrected chi connectivity index (χ0v) is 9.07. The van der Waals surface area contributed by atoms with Gasteiger partial charge in [-0.3, -0.25) is 5.10 Å². The van der Waals surface area contributed by atoms with Crippen LogP contribution in [0.1, 0.15) is 12.8 Å². The lowest BCUT2D eigenvalue weighted by Crippen LogP contribution is -2.22. The molecule has 0 unspecified atom stereocenters. The van der Waals surface area contributed by atoms with Gasteiger partial charge in [0.1, 0.15) is 5.75 Å². The summed E-state index contributed by atoms with van der Waals surface area (Å²) in [6.07, 6.45) is 4.19. The molecule has 1 saturated carbocycles. The Bertz CT molecular complexity index is 502. The van der Waals surface area contributed by atoms with E-state index in [0.29, 0.717) is 0 Å². The molecule has 4 nitrogen and oxygen atoms in total. The van der Waals surface area contributed by atoms with Crippen LogP contribution in [0.5, 0.6) is 5.75 Å². The molecule has 1 aliphatic rings. The molecule has 4 heteroatoms. The minimum Gasteiger partial charge on any atom is -0.493 e. The van der Waals surface area contributed by atoms with Crippen LogP contribution in [0.2, 0.25) is 0 Å². The van der Waals surface area contributed by atoms with Gasteiger partial charge in [-0.2, -0.15) is 5.10 Å². The van der Waals surface area contributed by atoms with E-state index in [-0.39, 0.29) is 5.41 Å². The average molecular weight is 217 g/mol. The molecule has 0 saturated heterocycles. The van der Waals surface area contributed by atoms with Crippen molar-refractivity contribution in [3.05, 3.63) is 24.4 Å². The Morgan fingerprint density at radius 1 is 1.44 bits per heavy atom. The van der Waals surface area contributed by atoms with E-state index in [1.54, 1.807) is 6.20 Å². The maximum absolute atomic E-state index is 5.78. The number of H-pyrrole nitrogens is 1. The lowest BCUT2D eigenvalue weighted by molar-refractivity contribution is 0.239. The van der Waals surface area contributed by atoms with Crippen LogP contribution < -0.4 is 10.5 Å². The number of nitrogens with zero attached hydrogens (tertiary/aromatic N) is 1. The first-order chi connectivity index (χ1) is 7.81. The van der Waals surface area contributed by atoms with Crippen LogP contribution in [0.25, 0.3) is 10.9 Å². The first kappa shape index (κ1) is 9.66. The van der Waals surface area contributed by atoms with Crippen LogP contribution >= 0.6 is 0 Å². The number of ether oxygens (including phenoxy) is 1. The van der Waals surface area contributed by atoms with Crippen molar-refractivity contribution in [2.45, 2.75) is 12.8 Å². The molecule has 1 aromatic heterocycles. The SMILES string of the molecule is NCC1(COc2ccc3[nH]ncc3c2)CC1. The molecule has 1 aliphatic carbocycles. The molecule has 3 rings (SSSR count). The fraction of sp³-hybridized carbons (Fsp3) is 0.417. The predicted octanol–water partition coefficient (Wildman–Crippen LogP) is 1.68. The Morgan fingerprint density at radius 2 is 2.31 bits per heavy atom. The fourth-order valence-electron chi connectivity index (χ4n) is 1.83. The van der Waals surface area contributed by atoms with Crippen LogP contribution in [0.15, 0.2) is 24.4 Å². The Kier molecular flexibility index (Phi) is 2.11. The zero-order valence-electron chi connectivity index (χ0n) is 9.07. The average Bonchev–Trinajstić information content (AvgIpc) is 2.96. The third-order valence-electron chi connectivity index (χ3n) is 3.35. The highest BCUT2D eigenvalue weighted by Gasteiger charge is 2.42. The summed E-state index contributed by atoms with van der Waals surface area (Å²) in [5.41, 5.74) is 7.00. The highest BCUT2D eigenvalue weighted by Crippen LogP contribution is 2.44. The van der Waals surface area contributed by atoms with Crippen molar-refractivity contribution in [3.63, 3.8) is 0 Å². The summed E-state index contributed by atoms with van der Waals surface area (Å²) in [6, 6.07) is 5.96. The lowest BCUT2D eigenvalue weighted by Gasteiger charge is -2.13. The minimum absolute atomic E-state index is 0.255. The summed E-state index contributed by atoms with van der Waals surface area (Å²) >= 11 is 0. The molecule has 2 aromatic rings. The lowest BCUT2D eigenvalue weighted by atomic mass is 10.1. The molecular weight excluding hydrogens is 202 g/mol. The van der Waals surface area contributed by atoms with E-state index < -0.39 is 0 Å². The van der Waals surface area contributed by atoms with Gasteiger partial charge >= 0.3 is 0 Å². The summed E-state index contributed by atoms with van der Waals surface area (Å²) in [7, 11) is 0. The van der Waals surface area contributed by atoms with E-state index >= 15 is 0 Å². The summed E-state index contributed by atoms with van der Waals surface area (Å²) in [5.74, 6) is 0.897. The van der Waals surface area contributed by atoms with Gasteiger partial charge in [-0.25, -0.2) is 0 Å².